The molecule has 1 amide bonds. The molecule has 0 radical (unpaired) electrons. The average molecular weight is 251 g/mol. The van der Waals surface area contributed by atoms with Crippen LogP contribution in [0.5, 0.6) is 0 Å². The van der Waals surface area contributed by atoms with Crippen molar-refractivity contribution in [1.29, 1.82) is 0 Å². The summed E-state index contributed by atoms with van der Waals surface area (Å²) in [7, 11) is 0. The Morgan fingerprint density at radius 3 is 2.63 bits per heavy atom. The van der Waals surface area contributed by atoms with Crippen LogP contribution in [0.4, 0.5) is 0 Å². The third kappa shape index (κ3) is 1.26. The van der Waals surface area contributed by atoms with Crippen LogP contribution in [0.15, 0.2) is 47.3 Å². The van der Waals surface area contributed by atoms with Gasteiger partial charge >= 0.3 is 5.91 Å². The summed E-state index contributed by atoms with van der Waals surface area (Å²) in [6.45, 7) is 0.521. The van der Waals surface area contributed by atoms with Gasteiger partial charge in [0.15, 0.2) is 12.1 Å². The molecule has 0 saturated carbocycles. The molecular weight excluding hydrogens is 240 g/mol. The number of para-hydroxylation sites is 2. The number of amides is 1. The Bertz CT molecular complexity index is 909. The third-order valence-electron chi connectivity index (χ3n) is 3.71. The summed E-state index contributed by atoms with van der Waals surface area (Å²) in [5, 5.41) is 2.99. The third-order valence-corrected chi connectivity index (χ3v) is 3.71. The fraction of sp³-hybridized carbons (Fsp3) is 0.0667. The van der Waals surface area contributed by atoms with Gasteiger partial charge in [-0.15, -0.1) is 0 Å². The van der Waals surface area contributed by atoms with Gasteiger partial charge < -0.3 is 0 Å². The summed E-state index contributed by atoms with van der Waals surface area (Å²) in [4.78, 5) is 24.5. The van der Waals surface area contributed by atoms with Crippen molar-refractivity contribution in [2.75, 3.05) is 0 Å². The van der Waals surface area contributed by atoms with Crippen LogP contribution in [-0.4, -0.2) is 10.5 Å². The van der Waals surface area contributed by atoms with E-state index in [0.29, 0.717) is 23.0 Å². The van der Waals surface area contributed by atoms with Gasteiger partial charge in [-0.2, -0.15) is 0 Å². The molecule has 3 aromatic rings. The van der Waals surface area contributed by atoms with Gasteiger partial charge in [-0.05, 0) is 24.3 Å². The van der Waals surface area contributed by atoms with Gasteiger partial charge in [-0.1, -0.05) is 18.2 Å². The van der Waals surface area contributed by atoms with E-state index in [2.05, 4.69) is 0 Å². The average Bonchev–Trinajstić information content (AvgIpc) is 2.46. The van der Waals surface area contributed by atoms with Crippen molar-refractivity contribution in [2.45, 2.75) is 6.67 Å². The number of fused-ring (bicyclic) bond motifs is 2. The van der Waals surface area contributed by atoms with E-state index in [9.17, 15) is 9.59 Å². The van der Waals surface area contributed by atoms with E-state index < -0.39 is 0 Å². The van der Waals surface area contributed by atoms with Gasteiger partial charge in [0.05, 0.1) is 11.0 Å². The minimum absolute atomic E-state index is 0.000260. The number of carbonyl (C=O) groups is 1. The van der Waals surface area contributed by atoms with E-state index >= 15 is 0 Å². The highest BCUT2D eigenvalue weighted by Gasteiger charge is 2.24. The molecule has 0 aliphatic carbocycles. The van der Waals surface area contributed by atoms with E-state index in [0.717, 1.165) is 11.0 Å². The van der Waals surface area contributed by atoms with E-state index in [4.69, 9.17) is 0 Å². The van der Waals surface area contributed by atoms with Crippen LogP contribution < -0.4 is 10.7 Å². The lowest BCUT2D eigenvalue weighted by Crippen LogP contribution is -2.88. The maximum Gasteiger partial charge on any atom is 0.346 e. The number of benzene rings is 2. The molecule has 0 atom stereocenters. The van der Waals surface area contributed by atoms with Crippen molar-refractivity contribution in [1.82, 2.24) is 4.57 Å². The second-order valence-electron chi connectivity index (χ2n) is 4.73. The zero-order valence-corrected chi connectivity index (χ0v) is 10.1. The van der Waals surface area contributed by atoms with Crippen LogP contribution in [0.3, 0.4) is 0 Å². The topological polar surface area (TPSA) is 55.7 Å². The quantitative estimate of drug-likeness (QED) is 0.602. The Hall–Kier alpha value is -2.46. The molecule has 92 valence electrons. The number of hydrogen-bond acceptors (Lipinski definition) is 2. The van der Waals surface area contributed by atoms with Crippen LogP contribution in [0, 0.1) is 0 Å². The Kier molecular flexibility index (Phi) is 1.94. The first-order valence-electron chi connectivity index (χ1n) is 6.19. The smallest absolute Gasteiger partial charge is 0.292 e. The predicted molar refractivity (Wildman–Crippen MR) is 72.0 cm³/mol. The Labute approximate surface area is 108 Å². The molecule has 1 aliphatic rings. The van der Waals surface area contributed by atoms with Crippen LogP contribution in [0.1, 0.15) is 10.4 Å². The molecule has 2 heterocycles. The molecule has 2 aromatic carbocycles. The Balaban J connectivity index is 2.39. The minimum atomic E-state index is -0.00148. The lowest BCUT2D eigenvalue weighted by Gasteiger charge is -2.19. The van der Waals surface area contributed by atoms with E-state index in [1.165, 1.54) is 0 Å². The van der Waals surface area contributed by atoms with Gasteiger partial charge in [0, 0.05) is 10.8 Å². The molecule has 4 nitrogen and oxygen atoms in total. The van der Waals surface area contributed by atoms with Gasteiger partial charge in [-0.25, -0.2) is 4.79 Å². The maximum atomic E-state index is 12.5. The highest BCUT2D eigenvalue weighted by atomic mass is 16.2. The number of nitrogens with zero attached hydrogens (tertiary/aromatic N) is 1. The highest BCUT2D eigenvalue weighted by molar-refractivity contribution is 6.05. The van der Waals surface area contributed by atoms with Crippen molar-refractivity contribution in [3.05, 3.63) is 58.3 Å². The fourth-order valence-corrected chi connectivity index (χ4v) is 2.86. The molecule has 0 unspecified atom stereocenters. The number of carbonyl (C=O) groups excluding carboxylic acids is 1. The molecule has 1 aromatic heterocycles. The number of primary amides is 1. The van der Waals surface area contributed by atoms with Crippen LogP contribution in [0.2, 0.25) is 0 Å². The molecule has 0 bridgehead atoms. The van der Waals surface area contributed by atoms with Gasteiger partial charge in [0.2, 0.25) is 0 Å². The summed E-state index contributed by atoms with van der Waals surface area (Å²) in [6, 6.07) is 12.9. The van der Waals surface area contributed by atoms with E-state index in [1.54, 1.807) is 23.5 Å². The largest absolute Gasteiger partial charge is 0.346 e. The zero-order valence-electron chi connectivity index (χ0n) is 10.1. The molecule has 0 fully saturated rings. The summed E-state index contributed by atoms with van der Waals surface area (Å²) >= 11 is 0. The van der Waals surface area contributed by atoms with Crippen molar-refractivity contribution in [3.8, 4) is 0 Å². The van der Waals surface area contributed by atoms with Gasteiger partial charge in [0.1, 0.15) is 5.56 Å². The van der Waals surface area contributed by atoms with Crippen molar-refractivity contribution in [3.63, 3.8) is 0 Å². The second kappa shape index (κ2) is 3.52. The second-order valence-corrected chi connectivity index (χ2v) is 4.73. The molecule has 2 N–H and O–H groups in total. The van der Waals surface area contributed by atoms with Gasteiger partial charge in [0.25, 0.3) is 0 Å². The zero-order chi connectivity index (χ0) is 13.0. The van der Waals surface area contributed by atoms with Crippen LogP contribution in [0.25, 0.3) is 21.8 Å². The van der Waals surface area contributed by atoms with Crippen molar-refractivity contribution >= 4 is 27.7 Å². The maximum absolute atomic E-state index is 12.5. The number of quaternary nitrogens is 1. The van der Waals surface area contributed by atoms with Crippen molar-refractivity contribution in [2.24, 2.45) is 0 Å². The highest BCUT2D eigenvalue weighted by Crippen LogP contribution is 2.22. The number of pyridine rings is 1. The first-order chi connectivity index (χ1) is 9.27. The molecular formula is C15H11N2O2+. The van der Waals surface area contributed by atoms with Crippen LogP contribution >= 0.6 is 0 Å². The normalized spacial score (nSPS) is 14.2. The first-order valence-corrected chi connectivity index (χ1v) is 6.19. The monoisotopic (exact) mass is 251 g/mol. The number of nitrogens with two attached hydrogens (primary N) is 1. The SMILES string of the molecule is O=C1[NH2+]Cn2c3ccccc3c(=O)c3cccc1c32. The first kappa shape index (κ1) is 10.5. The van der Waals surface area contributed by atoms with Gasteiger partial charge in [-0.3, -0.25) is 14.7 Å². The molecule has 1 aliphatic heterocycles. The fourth-order valence-electron chi connectivity index (χ4n) is 2.86. The minimum Gasteiger partial charge on any atom is -0.292 e. The van der Waals surface area contributed by atoms with Crippen molar-refractivity contribution < 1.29 is 10.1 Å². The molecule has 0 spiro atoms. The summed E-state index contributed by atoms with van der Waals surface area (Å²) in [6.07, 6.45) is 0. The lowest BCUT2D eigenvalue weighted by atomic mass is 10.0. The van der Waals surface area contributed by atoms with Crippen LogP contribution in [-0.2, 0) is 6.67 Å². The number of hydrogen-bond donors (Lipinski definition) is 1. The van der Waals surface area contributed by atoms with E-state index in [1.807, 2.05) is 28.8 Å². The number of rotatable bonds is 0. The molecule has 4 heteroatoms. The predicted octanol–water partition coefficient (Wildman–Crippen LogP) is 0.829. The lowest BCUT2D eigenvalue weighted by molar-refractivity contribution is -0.588. The summed E-state index contributed by atoms with van der Waals surface area (Å²) in [5.74, 6) is 0.000260. The molecule has 19 heavy (non-hydrogen) atoms. The Morgan fingerprint density at radius 2 is 1.74 bits per heavy atom. The van der Waals surface area contributed by atoms with E-state index in [-0.39, 0.29) is 11.3 Å². The molecule has 4 rings (SSSR count). The summed E-state index contributed by atoms with van der Waals surface area (Å²) in [5.41, 5.74) is 2.26. The summed E-state index contributed by atoms with van der Waals surface area (Å²) < 4.78 is 2.04. The Morgan fingerprint density at radius 1 is 0.947 bits per heavy atom. The standard InChI is InChI=1S/C15H10N2O2/c18-14-9-4-1-2-7-12(9)17-8-16-15(19)11-6-3-5-10(14)13(11)17/h1-7H,8H2,(H,16,19)/p+1. The number of aromatic nitrogens is 1. The molecule has 0 saturated heterocycles.